The van der Waals surface area contributed by atoms with Gasteiger partial charge in [0.05, 0.1) is 29.8 Å². The van der Waals surface area contributed by atoms with E-state index in [0.717, 1.165) is 29.0 Å². The molecule has 0 unspecified atom stereocenters. The summed E-state index contributed by atoms with van der Waals surface area (Å²) in [6, 6.07) is 11.7. The predicted molar refractivity (Wildman–Crippen MR) is 145 cm³/mol. The van der Waals surface area contributed by atoms with Gasteiger partial charge in [-0.1, -0.05) is 41.4 Å². The first-order chi connectivity index (χ1) is 18.5. The van der Waals surface area contributed by atoms with Crippen LogP contribution in [-0.4, -0.2) is 30.1 Å². The molecule has 0 amide bonds. The van der Waals surface area contributed by atoms with Crippen molar-refractivity contribution in [2.24, 2.45) is 5.10 Å². The van der Waals surface area contributed by atoms with Gasteiger partial charge in [0.2, 0.25) is 0 Å². The fourth-order valence-electron chi connectivity index (χ4n) is 4.20. The quantitative estimate of drug-likeness (QED) is 0.285. The Balaban J connectivity index is 1.65. The molecule has 2 N–H and O–H groups in total. The first-order valence-electron chi connectivity index (χ1n) is 11.8. The number of ether oxygens (including phenoxy) is 2. The van der Waals surface area contributed by atoms with Crippen molar-refractivity contribution in [3.8, 4) is 23.0 Å². The van der Waals surface area contributed by atoms with Crippen LogP contribution in [0.1, 0.15) is 29.5 Å². The Morgan fingerprint density at radius 1 is 0.897 bits per heavy atom. The monoisotopic (exact) mass is 580 g/mol. The fourth-order valence-corrected chi connectivity index (χ4v) is 4.85. The average Bonchev–Trinajstić information content (AvgIpc) is 3.29. The molecule has 0 saturated carbocycles. The third kappa shape index (κ3) is 6.54. The molecule has 3 aromatic carbocycles. The van der Waals surface area contributed by atoms with Gasteiger partial charge in [0.15, 0.2) is 23.0 Å². The maximum Gasteiger partial charge on any atom is 0.416 e. The molecule has 39 heavy (non-hydrogen) atoms. The van der Waals surface area contributed by atoms with Gasteiger partial charge in [0.1, 0.15) is 5.69 Å². The summed E-state index contributed by atoms with van der Waals surface area (Å²) in [5.74, 6) is 0.726. The van der Waals surface area contributed by atoms with Crippen LogP contribution in [0.3, 0.4) is 0 Å². The molecule has 206 valence electrons. The maximum atomic E-state index is 13.3. The largest absolute Gasteiger partial charge is 0.504 e. The van der Waals surface area contributed by atoms with Crippen molar-refractivity contribution in [3.63, 3.8) is 0 Å². The molecule has 0 aliphatic carbocycles. The highest BCUT2D eigenvalue weighted by Gasteiger charge is 2.34. The fraction of sp³-hybridized carbons (Fsp3) is 0.250. The summed E-state index contributed by atoms with van der Waals surface area (Å²) < 4.78 is 50.3. The van der Waals surface area contributed by atoms with E-state index in [4.69, 9.17) is 32.7 Å². The highest BCUT2D eigenvalue weighted by atomic mass is 35.5. The number of allylic oxidation sites excluding steroid dienone is 2. The van der Waals surface area contributed by atoms with E-state index in [1.807, 2.05) is 6.08 Å². The maximum absolute atomic E-state index is 13.3. The molecular formula is C28H25Cl2F3N2O4. The predicted octanol–water partition coefficient (Wildman–Crippen LogP) is 7.77. The third-order valence-electron chi connectivity index (χ3n) is 6.22. The Morgan fingerprint density at radius 2 is 1.46 bits per heavy atom. The number of phenolic OH excluding ortho intramolecular Hbond substituents is 2. The van der Waals surface area contributed by atoms with E-state index >= 15 is 0 Å². The zero-order chi connectivity index (χ0) is 28.3. The summed E-state index contributed by atoms with van der Waals surface area (Å²) in [7, 11) is 2.92. The van der Waals surface area contributed by atoms with E-state index in [9.17, 15) is 23.4 Å². The van der Waals surface area contributed by atoms with Gasteiger partial charge >= 0.3 is 6.18 Å². The van der Waals surface area contributed by atoms with Gasteiger partial charge in [-0.15, -0.1) is 0 Å². The van der Waals surface area contributed by atoms with E-state index in [1.54, 1.807) is 30.3 Å². The van der Waals surface area contributed by atoms with Crippen LogP contribution in [0.4, 0.5) is 18.9 Å². The average molecular weight is 581 g/mol. The minimum Gasteiger partial charge on any atom is -0.504 e. The summed E-state index contributed by atoms with van der Waals surface area (Å²) in [4.78, 5) is 0. The molecule has 0 fully saturated rings. The second kappa shape index (κ2) is 11.7. The lowest BCUT2D eigenvalue weighted by Crippen LogP contribution is -2.13. The molecule has 0 saturated heterocycles. The van der Waals surface area contributed by atoms with Crippen molar-refractivity contribution in [2.75, 3.05) is 19.2 Å². The molecule has 0 bridgehead atoms. The summed E-state index contributed by atoms with van der Waals surface area (Å²) in [6.45, 7) is 0. The Kier molecular flexibility index (Phi) is 8.51. The van der Waals surface area contributed by atoms with Crippen LogP contribution in [0.2, 0.25) is 10.0 Å². The minimum atomic E-state index is -4.60. The second-order valence-electron chi connectivity index (χ2n) is 8.85. The van der Waals surface area contributed by atoms with E-state index < -0.39 is 11.7 Å². The molecule has 0 aromatic heterocycles. The standard InChI is InChI=1S/C28H25Cl2F3N2O4/c1-38-25-11-16(5-9-23(25)36)3-7-19-15-20(8-4-17-6-10-24(37)26(12-17)39-2)35(34-19)27-21(29)13-18(14-22(27)30)28(31,32)33/h5-6,8-14,36-37H,3-4,7,15H2,1-2H3. The molecule has 3 aromatic rings. The molecule has 1 heterocycles. The van der Waals surface area contributed by atoms with Gasteiger partial charge < -0.3 is 19.7 Å². The van der Waals surface area contributed by atoms with Crippen LogP contribution in [0.25, 0.3) is 0 Å². The first kappa shape index (κ1) is 28.4. The van der Waals surface area contributed by atoms with Gasteiger partial charge in [-0.3, -0.25) is 0 Å². The van der Waals surface area contributed by atoms with Crippen molar-refractivity contribution in [3.05, 3.63) is 87.0 Å². The summed E-state index contributed by atoms with van der Waals surface area (Å²) in [5, 5.41) is 25.5. The molecule has 0 atom stereocenters. The molecule has 4 rings (SSSR count). The number of hydrogen-bond donors (Lipinski definition) is 2. The van der Waals surface area contributed by atoms with Crippen LogP contribution < -0.4 is 14.5 Å². The van der Waals surface area contributed by atoms with Gasteiger partial charge in [0, 0.05) is 17.8 Å². The number of aryl methyl sites for hydroxylation is 1. The highest BCUT2D eigenvalue weighted by Crippen LogP contribution is 2.43. The van der Waals surface area contributed by atoms with Crippen molar-refractivity contribution < 1.29 is 32.9 Å². The number of methoxy groups -OCH3 is 2. The number of alkyl halides is 3. The Bertz CT molecular complexity index is 1420. The van der Waals surface area contributed by atoms with Gasteiger partial charge in [-0.2, -0.15) is 18.3 Å². The molecule has 0 radical (unpaired) electrons. The third-order valence-corrected chi connectivity index (χ3v) is 6.79. The number of halogens is 5. The smallest absolute Gasteiger partial charge is 0.416 e. The van der Waals surface area contributed by atoms with E-state index in [0.29, 0.717) is 42.9 Å². The summed E-state index contributed by atoms with van der Waals surface area (Å²) in [6.07, 6.45) is -0.761. The molecule has 1 aliphatic heterocycles. The number of nitrogens with zero attached hydrogens (tertiary/aromatic N) is 2. The topological polar surface area (TPSA) is 74.5 Å². The SMILES string of the molecule is COc1cc(CC=C2CC(CCc3ccc(O)c(OC)c3)=NN2c2c(Cl)cc(C(F)(F)F)cc2Cl)ccc1O. The number of aromatic hydroxyl groups is 2. The van der Waals surface area contributed by atoms with E-state index in [1.165, 1.54) is 25.3 Å². The van der Waals surface area contributed by atoms with Gasteiger partial charge in [-0.25, -0.2) is 5.01 Å². The molecular weight excluding hydrogens is 556 g/mol. The number of anilines is 1. The zero-order valence-electron chi connectivity index (χ0n) is 21.0. The second-order valence-corrected chi connectivity index (χ2v) is 9.67. The van der Waals surface area contributed by atoms with Crippen LogP contribution in [-0.2, 0) is 19.0 Å². The first-order valence-corrected chi connectivity index (χ1v) is 12.6. The normalized spacial score (nSPS) is 14.6. The summed E-state index contributed by atoms with van der Waals surface area (Å²) in [5.41, 5.74) is 2.41. The van der Waals surface area contributed by atoms with Crippen molar-refractivity contribution in [1.82, 2.24) is 0 Å². The number of hydrazone groups is 1. The lowest BCUT2D eigenvalue weighted by Gasteiger charge is -2.21. The molecule has 1 aliphatic rings. The van der Waals surface area contributed by atoms with Crippen LogP contribution in [0.15, 0.2) is 65.4 Å². The number of phenols is 2. The van der Waals surface area contributed by atoms with Gasteiger partial charge in [0.25, 0.3) is 0 Å². The highest BCUT2D eigenvalue weighted by molar-refractivity contribution is 6.39. The van der Waals surface area contributed by atoms with Crippen LogP contribution >= 0.6 is 23.2 Å². The molecule has 6 nitrogen and oxygen atoms in total. The Labute approximate surface area is 233 Å². The Hall–Kier alpha value is -3.56. The number of rotatable bonds is 8. The van der Waals surface area contributed by atoms with E-state index in [2.05, 4.69) is 5.10 Å². The molecule has 11 heteroatoms. The number of benzene rings is 3. The lowest BCUT2D eigenvalue weighted by atomic mass is 10.0. The van der Waals surface area contributed by atoms with Crippen molar-refractivity contribution in [1.29, 1.82) is 0 Å². The van der Waals surface area contributed by atoms with E-state index in [-0.39, 0.29) is 27.2 Å². The van der Waals surface area contributed by atoms with Gasteiger partial charge in [-0.05, 0) is 66.8 Å². The minimum absolute atomic E-state index is 0.0104. The summed E-state index contributed by atoms with van der Waals surface area (Å²) >= 11 is 12.6. The van der Waals surface area contributed by atoms with Crippen molar-refractivity contribution in [2.45, 2.75) is 31.9 Å². The number of hydrogen-bond acceptors (Lipinski definition) is 6. The van der Waals surface area contributed by atoms with Crippen molar-refractivity contribution >= 4 is 34.6 Å². The van der Waals surface area contributed by atoms with Crippen LogP contribution in [0.5, 0.6) is 23.0 Å². The Morgan fingerprint density at radius 3 is 2.03 bits per heavy atom. The van der Waals surface area contributed by atoms with Crippen LogP contribution in [0, 0.1) is 0 Å². The lowest BCUT2D eigenvalue weighted by molar-refractivity contribution is -0.137. The zero-order valence-corrected chi connectivity index (χ0v) is 22.5. The molecule has 0 spiro atoms.